The lowest BCUT2D eigenvalue weighted by atomic mass is 10.1. The van der Waals surface area contributed by atoms with E-state index < -0.39 is 0 Å². The van der Waals surface area contributed by atoms with Gasteiger partial charge >= 0.3 is 0 Å². The molecule has 0 fully saturated rings. The number of aryl methyl sites for hydroxylation is 1. The van der Waals surface area contributed by atoms with Gasteiger partial charge < -0.3 is 20.0 Å². The number of anilines is 1. The molecule has 4 nitrogen and oxygen atoms in total. The molecule has 1 N–H and O–H groups in total. The first kappa shape index (κ1) is 20.9. The van der Waals surface area contributed by atoms with Gasteiger partial charge in [0.2, 0.25) is 0 Å². The zero-order valence-corrected chi connectivity index (χ0v) is 16.8. The molecular formula is C19H34N4S. The Kier molecular flexibility index (Phi) is 9.91. The van der Waals surface area contributed by atoms with Crippen LogP contribution in [0.2, 0.25) is 0 Å². The van der Waals surface area contributed by atoms with Crippen molar-refractivity contribution in [3.63, 3.8) is 0 Å². The summed E-state index contributed by atoms with van der Waals surface area (Å²) >= 11 is 5.66. The van der Waals surface area contributed by atoms with Crippen LogP contribution in [0.4, 0.5) is 5.69 Å². The first-order chi connectivity index (χ1) is 11.4. The molecule has 0 aromatic heterocycles. The Labute approximate surface area is 153 Å². The molecule has 136 valence electrons. The maximum absolute atomic E-state index is 5.66. The van der Waals surface area contributed by atoms with Crippen molar-refractivity contribution < 1.29 is 0 Å². The van der Waals surface area contributed by atoms with Crippen LogP contribution < -0.4 is 5.32 Å². The quantitative estimate of drug-likeness (QED) is 0.653. The Morgan fingerprint density at radius 2 is 1.38 bits per heavy atom. The molecule has 0 saturated carbocycles. The van der Waals surface area contributed by atoms with Crippen molar-refractivity contribution in [2.45, 2.75) is 26.2 Å². The second kappa shape index (κ2) is 11.4. The molecule has 0 aliphatic rings. The topological polar surface area (TPSA) is 21.8 Å². The molecule has 0 unspecified atom stereocenters. The average molecular weight is 351 g/mol. The van der Waals surface area contributed by atoms with E-state index in [4.69, 9.17) is 12.2 Å². The van der Waals surface area contributed by atoms with Crippen molar-refractivity contribution in [3.8, 4) is 0 Å². The molecule has 1 aromatic carbocycles. The summed E-state index contributed by atoms with van der Waals surface area (Å²) in [5.41, 5.74) is 2.42. The summed E-state index contributed by atoms with van der Waals surface area (Å²) < 4.78 is 0. The highest BCUT2D eigenvalue weighted by atomic mass is 32.1. The molecule has 0 atom stereocenters. The fraction of sp³-hybridized carbons (Fsp3) is 0.632. The van der Waals surface area contributed by atoms with E-state index in [1.807, 2.05) is 0 Å². The molecule has 1 aromatic rings. The molecule has 0 spiro atoms. The minimum absolute atomic E-state index is 0.830. The van der Waals surface area contributed by atoms with Gasteiger partial charge in [-0.1, -0.05) is 19.1 Å². The number of hydrogen-bond acceptors (Lipinski definition) is 3. The number of nitrogens with zero attached hydrogens (tertiary/aromatic N) is 3. The van der Waals surface area contributed by atoms with Gasteiger partial charge in [0.25, 0.3) is 0 Å². The minimum atomic E-state index is 0.830. The summed E-state index contributed by atoms with van der Waals surface area (Å²) in [5.74, 6) is 0. The molecule has 0 radical (unpaired) electrons. The van der Waals surface area contributed by atoms with Crippen molar-refractivity contribution in [1.29, 1.82) is 0 Å². The zero-order valence-electron chi connectivity index (χ0n) is 16.0. The third kappa shape index (κ3) is 8.62. The van der Waals surface area contributed by atoms with Crippen LogP contribution in [0.1, 0.15) is 25.3 Å². The van der Waals surface area contributed by atoms with Crippen LogP contribution >= 0.6 is 12.2 Å². The highest BCUT2D eigenvalue weighted by Gasteiger charge is 2.10. The van der Waals surface area contributed by atoms with Crippen molar-refractivity contribution in [2.75, 3.05) is 59.7 Å². The van der Waals surface area contributed by atoms with E-state index in [9.17, 15) is 0 Å². The van der Waals surface area contributed by atoms with Crippen LogP contribution in [0.25, 0.3) is 0 Å². The van der Waals surface area contributed by atoms with Gasteiger partial charge in [0.15, 0.2) is 5.11 Å². The van der Waals surface area contributed by atoms with Crippen LogP contribution in [0.3, 0.4) is 0 Å². The standard InChI is InChI=1S/C19H34N4S/c1-6-17-9-11-18(12-10-17)20-19(24)23(15-7-13-21(2)3)16-8-14-22(4)5/h9-12H,6-8,13-16H2,1-5H3,(H,20,24). The summed E-state index contributed by atoms with van der Waals surface area (Å²) in [6.07, 6.45) is 3.29. The van der Waals surface area contributed by atoms with E-state index >= 15 is 0 Å². The second-order valence-electron chi connectivity index (χ2n) is 6.78. The molecule has 0 bridgehead atoms. The first-order valence-corrected chi connectivity index (χ1v) is 9.27. The lowest BCUT2D eigenvalue weighted by molar-refractivity contribution is 0.325. The third-order valence-electron chi connectivity index (χ3n) is 3.97. The number of rotatable bonds is 10. The lowest BCUT2D eigenvalue weighted by Crippen LogP contribution is -2.38. The van der Waals surface area contributed by atoms with Crippen LogP contribution in [0, 0.1) is 0 Å². The van der Waals surface area contributed by atoms with Gasteiger partial charge in [-0.15, -0.1) is 0 Å². The predicted octanol–water partition coefficient (Wildman–Crippen LogP) is 3.15. The first-order valence-electron chi connectivity index (χ1n) is 8.86. The summed E-state index contributed by atoms with van der Waals surface area (Å²) in [5, 5.41) is 4.23. The monoisotopic (exact) mass is 350 g/mol. The average Bonchev–Trinajstić information content (AvgIpc) is 2.53. The lowest BCUT2D eigenvalue weighted by Gasteiger charge is -2.27. The Morgan fingerprint density at radius 3 is 1.79 bits per heavy atom. The molecule has 0 aliphatic carbocycles. The van der Waals surface area contributed by atoms with Crippen LogP contribution in [0.5, 0.6) is 0 Å². The molecule has 24 heavy (non-hydrogen) atoms. The van der Waals surface area contributed by atoms with Crippen LogP contribution in [-0.2, 0) is 6.42 Å². The fourth-order valence-corrected chi connectivity index (χ4v) is 2.80. The Morgan fingerprint density at radius 1 is 0.875 bits per heavy atom. The number of nitrogens with one attached hydrogen (secondary N) is 1. The second-order valence-corrected chi connectivity index (χ2v) is 7.17. The predicted molar refractivity (Wildman–Crippen MR) is 110 cm³/mol. The summed E-state index contributed by atoms with van der Waals surface area (Å²) in [4.78, 5) is 6.74. The van der Waals surface area contributed by atoms with E-state index in [0.717, 1.165) is 56.2 Å². The van der Waals surface area contributed by atoms with Gasteiger partial charge in [0.05, 0.1) is 0 Å². The summed E-state index contributed by atoms with van der Waals surface area (Å²) in [7, 11) is 8.45. The minimum Gasteiger partial charge on any atom is -0.349 e. The van der Waals surface area contributed by atoms with Crippen LogP contribution in [0.15, 0.2) is 24.3 Å². The van der Waals surface area contributed by atoms with Gasteiger partial charge in [-0.05, 0) is 90.5 Å². The fourth-order valence-electron chi connectivity index (χ4n) is 2.50. The van der Waals surface area contributed by atoms with Gasteiger partial charge in [0, 0.05) is 18.8 Å². The van der Waals surface area contributed by atoms with E-state index in [2.05, 4.69) is 79.4 Å². The number of thiocarbonyl (C=S) groups is 1. The summed E-state index contributed by atoms with van der Waals surface area (Å²) in [6, 6.07) is 8.55. The van der Waals surface area contributed by atoms with Gasteiger partial charge in [-0.25, -0.2) is 0 Å². The Bertz CT molecular complexity index is 457. The maximum Gasteiger partial charge on any atom is 0.173 e. The highest BCUT2D eigenvalue weighted by molar-refractivity contribution is 7.80. The zero-order chi connectivity index (χ0) is 17.9. The van der Waals surface area contributed by atoms with Gasteiger partial charge in [0.1, 0.15) is 0 Å². The molecular weight excluding hydrogens is 316 g/mol. The smallest absolute Gasteiger partial charge is 0.173 e. The third-order valence-corrected chi connectivity index (χ3v) is 4.33. The van der Waals surface area contributed by atoms with Gasteiger partial charge in [-0.3, -0.25) is 0 Å². The van der Waals surface area contributed by atoms with Crippen molar-refractivity contribution in [2.24, 2.45) is 0 Å². The largest absolute Gasteiger partial charge is 0.349 e. The highest BCUT2D eigenvalue weighted by Crippen LogP contribution is 2.11. The van der Waals surface area contributed by atoms with Gasteiger partial charge in [-0.2, -0.15) is 0 Å². The molecule has 5 heteroatoms. The molecule has 1 rings (SSSR count). The Hall–Kier alpha value is -1.17. The van der Waals surface area contributed by atoms with E-state index in [1.165, 1.54) is 5.56 Å². The van der Waals surface area contributed by atoms with Crippen molar-refractivity contribution in [1.82, 2.24) is 14.7 Å². The maximum atomic E-state index is 5.66. The Balaban J connectivity index is 2.58. The van der Waals surface area contributed by atoms with Crippen molar-refractivity contribution >= 4 is 23.0 Å². The van der Waals surface area contributed by atoms with E-state index in [-0.39, 0.29) is 0 Å². The number of hydrogen-bond donors (Lipinski definition) is 1. The molecule has 0 amide bonds. The van der Waals surface area contributed by atoms with Crippen molar-refractivity contribution in [3.05, 3.63) is 29.8 Å². The van der Waals surface area contributed by atoms with E-state index in [0.29, 0.717) is 0 Å². The molecule has 0 aliphatic heterocycles. The normalized spacial score (nSPS) is 11.1. The summed E-state index contributed by atoms with van der Waals surface area (Å²) in [6.45, 7) is 6.31. The van der Waals surface area contributed by atoms with E-state index in [1.54, 1.807) is 0 Å². The SMILES string of the molecule is CCc1ccc(NC(=S)N(CCCN(C)C)CCCN(C)C)cc1. The molecule has 0 saturated heterocycles. The number of benzene rings is 1. The van der Waals surface area contributed by atoms with Crippen LogP contribution in [-0.4, -0.2) is 74.2 Å². The molecule has 0 heterocycles.